The number of hydrogen-bond donors (Lipinski definition) is 0. The lowest BCUT2D eigenvalue weighted by molar-refractivity contribution is 0.103. The number of aryl methyl sites for hydroxylation is 2. The monoisotopic (exact) mass is 236 g/mol. The van der Waals surface area contributed by atoms with Crippen molar-refractivity contribution in [2.24, 2.45) is 0 Å². The van der Waals surface area contributed by atoms with Crippen molar-refractivity contribution < 1.29 is 4.79 Å². The van der Waals surface area contributed by atoms with Crippen LogP contribution in [0.5, 0.6) is 0 Å². The van der Waals surface area contributed by atoms with E-state index in [0.29, 0.717) is 0 Å². The fraction of sp³-hybridized carbons (Fsp3) is 0.235. The highest BCUT2D eigenvalue weighted by atomic mass is 16.1. The molecular weight excluding hydrogens is 220 g/mol. The van der Waals surface area contributed by atoms with Gasteiger partial charge in [-0.3, -0.25) is 4.79 Å². The molecule has 2 aromatic rings. The molecule has 1 heteroatoms. The Balaban J connectivity index is 2.03. The maximum Gasteiger partial charge on any atom is 0.193 e. The van der Waals surface area contributed by atoms with E-state index >= 15 is 0 Å². The highest BCUT2D eigenvalue weighted by molar-refractivity contribution is 6.10. The molecule has 90 valence electrons. The summed E-state index contributed by atoms with van der Waals surface area (Å²) in [6.07, 6.45) is 3.33. The van der Waals surface area contributed by atoms with Gasteiger partial charge in [0.15, 0.2) is 5.78 Å². The summed E-state index contributed by atoms with van der Waals surface area (Å²) in [4.78, 5) is 12.5. The molecule has 1 nitrogen and oxygen atoms in total. The van der Waals surface area contributed by atoms with Crippen LogP contribution < -0.4 is 0 Å². The molecule has 0 N–H and O–H groups in total. The van der Waals surface area contributed by atoms with Gasteiger partial charge in [0.05, 0.1) is 0 Å². The Kier molecular flexibility index (Phi) is 2.75. The third-order valence-corrected chi connectivity index (χ3v) is 3.70. The summed E-state index contributed by atoms with van der Waals surface area (Å²) in [5, 5.41) is 0. The number of carbonyl (C=O) groups is 1. The Labute approximate surface area is 107 Å². The predicted molar refractivity (Wildman–Crippen MR) is 73.1 cm³/mol. The molecule has 0 spiro atoms. The molecule has 0 bridgehead atoms. The molecule has 0 aromatic heterocycles. The second kappa shape index (κ2) is 4.41. The van der Waals surface area contributed by atoms with Crippen LogP contribution in [0.3, 0.4) is 0 Å². The van der Waals surface area contributed by atoms with Crippen LogP contribution in [0, 0.1) is 6.92 Å². The standard InChI is InChI=1S/C17H16O/c1-12-8-10-14(11-9-12)17(18)16-7-3-5-13-4-2-6-15(13)16/h3,5,7-11H,2,4,6H2,1H3. The smallest absolute Gasteiger partial charge is 0.193 e. The SMILES string of the molecule is Cc1ccc(C(=O)c2cccc3c2CCC3)cc1. The maximum atomic E-state index is 12.5. The maximum absolute atomic E-state index is 12.5. The quantitative estimate of drug-likeness (QED) is 0.726. The average Bonchev–Trinajstić information content (AvgIpc) is 2.87. The first-order valence-electron chi connectivity index (χ1n) is 6.48. The van der Waals surface area contributed by atoms with E-state index in [1.165, 1.54) is 23.1 Å². The van der Waals surface area contributed by atoms with Crippen molar-refractivity contribution in [3.05, 3.63) is 70.3 Å². The Bertz CT molecular complexity index is 594. The summed E-state index contributed by atoms with van der Waals surface area (Å²) < 4.78 is 0. The van der Waals surface area contributed by atoms with Gasteiger partial charge in [-0.15, -0.1) is 0 Å². The Morgan fingerprint density at radius 1 is 1.00 bits per heavy atom. The average molecular weight is 236 g/mol. The molecule has 1 aliphatic rings. The minimum Gasteiger partial charge on any atom is -0.289 e. The summed E-state index contributed by atoms with van der Waals surface area (Å²) in [5.74, 6) is 0.161. The van der Waals surface area contributed by atoms with Gasteiger partial charge in [0.1, 0.15) is 0 Å². The third-order valence-electron chi connectivity index (χ3n) is 3.70. The topological polar surface area (TPSA) is 17.1 Å². The van der Waals surface area contributed by atoms with Crippen molar-refractivity contribution in [3.63, 3.8) is 0 Å². The van der Waals surface area contributed by atoms with Gasteiger partial charge < -0.3 is 0 Å². The molecule has 0 amide bonds. The molecular formula is C17H16O. The van der Waals surface area contributed by atoms with E-state index in [4.69, 9.17) is 0 Å². The zero-order valence-corrected chi connectivity index (χ0v) is 10.6. The second-order valence-corrected chi connectivity index (χ2v) is 4.99. The van der Waals surface area contributed by atoms with Gasteiger partial charge in [-0.25, -0.2) is 0 Å². The largest absolute Gasteiger partial charge is 0.289 e. The van der Waals surface area contributed by atoms with E-state index in [2.05, 4.69) is 6.07 Å². The molecule has 2 aromatic carbocycles. The fourth-order valence-electron chi connectivity index (χ4n) is 2.69. The summed E-state index contributed by atoms with van der Waals surface area (Å²) in [6, 6.07) is 14.0. The van der Waals surface area contributed by atoms with E-state index in [1.54, 1.807) is 0 Å². The lowest BCUT2D eigenvalue weighted by Gasteiger charge is -2.07. The van der Waals surface area contributed by atoms with Crippen LogP contribution in [-0.2, 0) is 12.8 Å². The van der Waals surface area contributed by atoms with E-state index in [9.17, 15) is 4.79 Å². The van der Waals surface area contributed by atoms with Crippen molar-refractivity contribution >= 4 is 5.78 Å². The molecule has 0 aliphatic heterocycles. The zero-order chi connectivity index (χ0) is 12.5. The first kappa shape index (κ1) is 11.2. The minimum atomic E-state index is 0.161. The minimum absolute atomic E-state index is 0.161. The van der Waals surface area contributed by atoms with Gasteiger partial charge in [0.2, 0.25) is 0 Å². The van der Waals surface area contributed by atoms with Crippen molar-refractivity contribution in [1.82, 2.24) is 0 Å². The molecule has 3 rings (SSSR count). The normalized spacial score (nSPS) is 13.4. The lowest BCUT2D eigenvalue weighted by atomic mass is 9.95. The van der Waals surface area contributed by atoms with Crippen molar-refractivity contribution in [1.29, 1.82) is 0 Å². The number of ketones is 1. The van der Waals surface area contributed by atoms with Crippen LogP contribution in [0.25, 0.3) is 0 Å². The molecule has 0 saturated heterocycles. The molecule has 18 heavy (non-hydrogen) atoms. The Hall–Kier alpha value is -1.89. The summed E-state index contributed by atoms with van der Waals surface area (Å²) in [7, 11) is 0. The van der Waals surface area contributed by atoms with Gasteiger partial charge in [0, 0.05) is 11.1 Å². The lowest BCUT2D eigenvalue weighted by Crippen LogP contribution is -2.05. The summed E-state index contributed by atoms with van der Waals surface area (Å²) in [5.41, 5.74) is 5.50. The number of rotatable bonds is 2. The van der Waals surface area contributed by atoms with Gasteiger partial charge >= 0.3 is 0 Å². The number of hydrogen-bond acceptors (Lipinski definition) is 1. The van der Waals surface area contributed by atoms with Crippen LogP contribution in [0.15, 0.2) is 42.5 Å². The number of carbonyl (C=O) groups excluding carboxylic acids is 1. The van der Waals surface area contributed by atoms with E-state index in [1.807, 2.05) is 43.3 Å². The second-order valence-electron chi connectivity index (χ2n) is 4.99. The highest BCUT2D eigenvalue weighted by Crippen LogP contribution is 2.26. The van der Waals surface area contributed by atoms with Gasteiger partial charge in [-0.1, -0.05) is 48.0 Å². The summed E-state index contributed by atoms with van der Waals surface area (Å²) >= 11 is 0. The number of benzene rings is 2. The van der Waals surface area contributed by atoms with Crippen molar-refractivity contribution in [3.8, 4) is 0 Å². The van der Waals surface area contributed by atoms with Crippen LogP contribution in [0.2, 0.25) is 0 Å². The Morgan fingerprint density at radius 3 is 2.56 bits per heavy atom. The van der Waals surface area contributed by atoms with Crippen molar-refractivity contribution in [2.45, 2.75) is 26.2 Å². The molecule has 1 aliphatic carbocycles. The van der Waals surface area contributed by atoms with E-state index in [0.717, 1.165) is 24.0 Å². The Morgan fingerprint density at radius 2 is 1.78 bits per heavy atom. The first-order chi connectivity index (χ1) is 8.75. The molecule has 0 heterocycles. The number of fused-ring (bicyclic) bond motifs is 1. The fourth-order valence-corrected chi connectivity index (χ4v) is 2.69. The first-order valence-corrected chi connectivity index (χ1v) is 6.48. The zero-order valence-electron chi connectivity index (χ0n) is 10.6. The van der Waals surface area contributed by atoms with Crippen LogP contribution >= 0.6 is 0 Å². The molecule has 0 atom stereocenters. The van der Waals surface area contributed by atoms with Gasteiger partial charge in [0.25, 0.3) is 0 Å². The molecule has 0 unspecified atom stereocenters. The molecule has 0 saturated carbocycles. The highest BCUT2D eigenvalue weighted by Gasteiger charge is 2.19. The van der Waals surface area contributed by atoms with Gasteiger partial charge in [-0.2, -0.15) is 0 Å². The van der Waals surface area contributed by atoms with Crippen LogP contribution in [-0.4, -0.2) is 5.78 Å². The third kappa shape index (κ3) is 1.86. The molecule has 0 radical (unpaired) electrons. The van der Waals surface area contributed by atoms with E-state index < -0.39 is 0 Å². The van der Waals surface area contributed by atoms with Crippen LogP contribution in [0.4, 0.5) is 0 Å². The van der Waals surface area contributed by atoms with Gasteiger partial charge in [-0.05, 0) is 37.3 Å². The molecule has 0 fully saturated rings. The van der Waals surface area contributed by atoms with E-state index in [-0.39, 0.29) is 5.78 Å². The van der Waals surface area contributed by atoms with Crippen LogP contribution in [0.1, 0.15) is 39.0 Å². The summed E-state index contributed by atoms with van der Waals surface area (Å²) in [6.45, 7) is 2.04. The van der Waals surface area contributed by atoms with Crippen molar-refractivity contribution in [2.75, 3.05) is 0 Å². The predicted octanol–water partition coefficient (Wildman–Crippen LogP) is 3.71.